The molecule has 0 aliphatic carbocycles. The number of rotatable bonds is 7. The zero-order valence-electron chi connectivity index (χ0n) is 12.2. The lowest BCUT2D eigenvalue weighted by atomic mass is 10.1. The molecule has 0 aliphatic heterocycles. The lowest BCUT2D eigenvalue weighted by Crippen LogP contribution is -2.37. The minimum Gasteiger partial charge on any atom is -0.382 e. The quantitative estimate of drug-likeness (QED) is 0.598. The highest BCUT2D eigenvalue weighted by Crippen LogP contribution is 2.25. The molecule has 2 N–H and O–H groups in total. The van der Waals surface area contributed by atoms with Gasteiger partial charge in [-0.2, -0.15) is 0 Å². The van der Waals surface area contributed by atoms with E-state index < -0.39 is 0 Å². The van der Waals surface area contributed by atoms with E-state index in [1.807, 2.05) is 18.3 Å². The second-order valence-electron chi connectivity index (χ2n) is 4.54. The first kappa shape index (κ1) is 16.4. The number of ether oxygens (including phenoxy) is 1. The highest BCUT2D eigenvalue weighted by molar-refractivity contribution is 7.80. The van der Waals surface area contributed by atoms with Crippen molar-refractivity contribution in [3.63, 3.8) is 0 Å². The minimum atomic E-state index is 0.247. The Labute approximate surface area is 125 Å². The van der Waals surface area contributed by atoms with Gasteiger partial charge in [0.15, 0.2) is 5.11 Å². The number of thiophene rings is 1. The van der Waals surface area contributed by atoms with E-state index in [1.54, 1.807) is 0 Å². The molecule has 0 radical (unpaired) electrons. The van der Waals surface area contributed by atoms with E-state index in [0.29, 0.717) is 5.11 Å². The van der Waals surface area contributed by atoms with Crippen LogP contribution in [0.15, 0.2) is 6.07 Å². The van der Waals surface area contributed by atoms with Crippen LogP contribution in [-0.4, -0.2) is 24.9 Å². The van der Waals surface area contributed by atoms with Crippen LogP contribution in [0.25, 0.3) is 0 Å². The second-order valence-corrected chi connectivity index (χ2v) is 6.41. The average molecular weight is 300 g/mol. The average Bonchev–Trinajstić information content (AvgIpc) is 2.68. The van der Waals surface area contributed by atoms with Gasteiger partial charge in [-0.15, -0.1) is 11.3 Å². The Hall–Kier alpha value is -0.650. The van der Waals surface area contributed by atoms with Crippen LogP contribution in [0.4, 0.5) is 0 Å². The molecule has 108 valence electrons. The first-order chi connectivity index (χ1) is 9.04. The number of nitrogens with one attached hydrogen (secondary N) is 2. The molecule has 19 heavy (non-hydrogen) atoms. The van der Waals surface area contributed by atoms with Gasteiger partial charge in [-0.05, 0) is 58.0 Å². The molecule has 1 unspecified atom stereocenters. The van der Waals surface area contributed by atoms with Crippen LogP contribution in [0.3, 0.4) is 0 Å². The zero-order valence-corrected chi connectivity index (χ0v) is 13.8. The third kappa shape index (κ3) is 5.89. The lowest BCUT2D eigenvalue weighted by molar-refractivity contribution is 0.145. The molecule has 0 saturated heterocycles. The fourth-order valence-corrected chi connectivity index (χ4v) is 3.23. The van der Waals surface area contributed by atoms with Crippen molar-refractivity contribution in [2.45, 2.75) is 40.2 Å². The Kier molecular flexibility index (Phi) is 7.34. The molecule has 1 rings (SSSR count). The molecule has 0 bridgehead atoms. The maximum absolute atomic E-state index is 5.30. The van der Waals surface area contributed by atoms with Gasteiger partial charge >= 0.3 is 0 Å². The van der Waals surface area contributed by atoms with Gasteiger partial charge in [0.05, 0.1) is 6.04 Å². The molecule has 1 heterocycles. The maximum atomic E-state index is 5.30. The number of hydrogen-bond donors (Lipinski definition) is 2. The molecule has 0 amide bonds. The summed E-state index contributed by atoms with van der Waals surface area (Å²) in [7, 11) is 0. The van der Waals surface area contributed by atoms with Crippen molar-refractivity contribution >= 4 is 28.7 Å². The highest BCUT2D eigenvalue weighted by Gasteiger charge is 2.11. The van der Waals surface area contributed by atoms with Crippen LogP contribution in [0.5, 0.6) is 0 Å². The van der Waals surface area contributed by atoms with Crippen LogP contribution in [0, 0.1) is 13.8 Å². The van der Waals surface area contributed by atoms with Gasteiger partial charge in [-0.25, -0.2) is 0 Å². The van der Waals surface area contributed by atoms with Gasteiger partial charge in [0.1, 0.15) is 0 Å². The van der Waals surface area contributed by atoms with E-state index in [-0.39, 0.29) is 6.04 Å². The molecular formula is C14H24N2OS2. The van der Waals surface area contributed by atoms with E-state index in [9.17, 15) is 0 Å². The Bertz CT molecular complexity index is 404. The number of aryl methyl sites for hydroxylation is 2. The third-order valence-corrected chi connectivity index (χ3v) is 4.09. The maximum Gasteiger partial charge on any atom is 0.166 e. The largest absolute Gasteiger partial charge is 0.382 e. The molecule has 1 atom stereocenters. The van der Waals surface area contributed by atoms with Crippen LogP contribution in [-0.2, 0) is 4.74 Å². The Morgan fingerprint density at radius 2 is 2.21 bits per heavy atom. The molecule has 1 aromatic heterocycles. The van der Waals surface area contributed by atoms with E-state index in [2.05, 4.69) is 37.5 Å². The van der Waals surface area contributed by atoms with Crippen LogP contribution in [0.1, 0.15) is 41.6 Å². The van der Waals surface area contributed by atoms with Crippen molar-refractivity contribution in [2.24, 2.45) is 0 Å². The van der Waals surface area contributed by atoms with Gasteiger partial charge in [-0.3, -0.25) is 0 Å². The summed E-state index contributed by atoms with van der Waals surface area (Å²) in [6, 6.07) is 2.48. The lowest BCUT2D eigenvalue weighted by Gasteiger charge is -2.17. The summed E-state index contributed by atoms with van der Waals surface area (Å²) in [5.41, 5.74) is 1.33. The molecule has 3 nitrogen and oxygen atoms in total. The minimum absolute atomic E-state index is 0.247. The SMILES string of the molecule is CCOCCCNC(=S)NC(C)c1cc(C)sc1C. The zero-order chi connectivity index (χ0) is 14.3. The second kappa shape index (κ2) is 8.51. The third-order valence-electron chi connectivity index (χ3n) is 2.85. The fourth-order valence-electron chi connectivity index (χ4n) is 1.93. The topological polar surface area (TPSA) is 33.3 Å². The standard InChI is InChI=1S/C14H24N2OS2/c1-5-17-8-6-7-15-14(18)16-11(3)13-9-10(2)19-12(13)4/h9,11H,5-8H2,1-4H3,(H2,15,16,18). The van der Waals surface area contributed by atoms with Crippen molar-refractivity contribution < 1.29 is 4.74 Å². The van der Waals surface area contributed by atoms with E-state index in [0.717, 1.165) is 26.2 Å². The summed E-state index contributed by atoms with van der Waals surface area (Å²) < 4.78 is 5.28. The first-order valence-electron chi connectivity index (χ1n) is 6.73. The van der Waals surface area contributed by atoms with Gasteiger partial charge in [0.25, 0.3) is 0 Å². The molecule has 0 fully saturated rings. The van der Waals surface area contributed by atoms with Crippen molar-refractivity contribution in [3.05, 3.63) is 21.4 Å². The van der Waals surface area contributed by atoms with E-state index in [1.165, 1.54) is 15.3 Å². The summed E-state index contributed by atoms with van der Waals surface area (Å²) in [6.45, 7) is 10.8. The summed E-state index contributed by atoms with van der Waals surface area (Å²) in [6.07, 6.45) is 0.973. The van der Waals surface area contributed by atoms with Crippen molar-refractivity contribution in [3.8, 4) is 0 Å². The van der Waals surface area contributed by atoms with Gasteiger partial charge in [0.2, 0.25) is 0 Å². The predicted molar refractivity (Wildman–Crippen MR) is 87.1 cm³/mol. The predicted octanol–water partition coefficient (Wildman–Crippen LogP) is 3.32. The highest BCUT2D eigenvalue weighted by atomic mass is 32.1. The molecule has 0 saturated carbocycles. The smallest absolute Gasteiger partial charge is 0.166 e. The van der Waals surface area contributed by atoms with Crippen LogP contribution in [0.2, 0.25) is 0 Å². The summed E-state index contributed by atoms with van der Waals surface area (Å²) in [5, 5.41) is 7.25. The van der Waals surface area contributed by atoms with Crippen molar-refractivity contribution in [1.82, 2.24) is 10.6 Å². The van der Waals surface area contributed by atoms with Crippen LogP contribution < -0.4 is 10.6 Å². The molecule has 0 aromatic carbocycles. The summed E-state index contributed by atoms with van der Waals surface area (Å²) in [5.74, 6) is 0. The number of hydrogen-bond acceptors (Lipinski definition) is 3. The van der Waals surface area contributed by atoms with Crippen LogP contribution >= 0.6 is 23.6 Å². The molecule has 5 heteroatoms. The molecule has 0 aliphatic rings. The first-order valence-corrected chi connectivity index (χ1v) is 7.96. The Morgan fingerprint density at radius 1 is 1.47 bits per heavy atom. The normalized spacial score (nSPS) is 12.2. The monoisotopic (exact) mass is 300 g/mol. The van der Waals surface area contributed by atoms with Gasteiger partial charge in [0, 0.05) is 29.5 Å². The molecule has 0 spiro atoms. The summed E-state index contributed by atoms with van der Waals surface area (Å²) in [4.78, 5) is 2.70. The van der Waals surface area contributed by atoms with Crippen molar-refractivity contribution in [2.75, 3.05) is 19.8 Å². The Balaban J connectivity index is 2.30. The van der Waals surface area contributed by atoms with Gasteiger partial charge in [-0.1, -0.05) is 0 Å². The van der Waals surface area contributed by atoms with Gasteiger partial charge < -0.3 is 15.4 Å². The van der Waals surface area contributed by atoms with E-state index >= 15 is 0 Å². The van der Waals surface area contributed by atoms with Crippen molar-refractivity contribution in [1.29, 1.82) is 0 Å². The Morgan fingerprint density at radius 3 is 2.79 bits per heavy atom. The summed E-state index contributed by atoms with van der Waals surface area (Å²) >= 11 is 7.13. The molecular weight excluding hydrogens is 276 g/mol. The fraction of sp³-hybridized carbons (Fsp3) is 0.643. The molecule has 1 aromatic rings. The number of thiocarbonyl (C=S) groups is 1. The van der Waals surface area contributed by atoms with E-state index in [4.69, 9.17) is 17.0 Å².